The lowest BCUT2D eigenvalue weighted by molar-refractivity contribution is 0.0247. The maximum Gasteiger partial charge on any atom is 0.475 e. The SMILES string of the molecule is CC(C)C(CO[Si](C)(C)C(C)(C)C)OP(=O)(OCc1ccccc1)OCc1ccccc1. The summed E-state index contributed by atoms with van der Waals surface area (Å²) in [5, 5.41) is 0.0752. The van der Waals surface area contributed by atoms with Crippen LogP contribution in [0.25, 0.3) is 0 Å². The van der Waals surface area contributed by atoms with E-state index < -0.39 is 22.2 Å². The van der Waals surface area contributed by atoms with E-state index in [0.717, 1.165) is 11.1 Å². The molecule has 0 spiro atoms. The van der Waals surface area contributed by atoms with Gasteiger partial charge >= 0.3 is 7.82 Å². The van der Waals surface area contributed by atoms with Gasteiger partial charge in [0, 0.05) is 0 Å². The Kier molecular flexibility index (Phi) is 9.89. The number of hydrogen-bond acceptors (Lipinski definition) is 5. The zero-order chi connectivity index (χ0) is 23.8. The maximum absolute atomic E-state index is 13.7. The average Bonchev–Trinajstić information content (AvgIpc) is 2.74. The van der Waals surface area contributed by atoms with Gasteiger partial charge in [-0.1, -0.05) is 95.3 Å². The van der Waals surface area contributed by atoms with Crippen molar-refractivity contribution in [1.29, 1.82) is 0 Å². The van der Waals surface area contributed by atoms with E-state index in [2.05, 4.69) is 33.9 Å². The van der Waals surface area contributed by atoms with Gasteiger partial charge in [-0.05, 0) is 35.2 Å². The van der Waals surface area contributed by atoms with E-state index in [1.54, 1.807) is 0 Å². The van der Waals surface area contributed by atoms with Crippen LogP contribution < -0.4 is 0 Å². The number of hydrogen-bond donors (Lipinski definition) is 0. The molecule has 0 bridgehead atoms. The summed E-state index contributed by atoms with van der Waals surface area (Å²) in [6, 6.07) is 19.2. The molecule has 1 atom stereocenters. The highest BCUT2D eigenvalue weighted by molar-refractivity contribution is 7.48. The van der Waals surface area contributed by atoms with Crippen LogP contribution in [0, 0.1) is 5.92 Å². The van der Waals surface area contributed by atoms with Crippen LogP contribution in [0.4, 0.5) is 0 Å². The summed E-state index contributed by atoms with van der Waals surface area (Å²) in [6.45, 7) is 15.7. The first-order chi connectivity index (χ1) is 14.9. The van der Waals surface area contributed by atoms with Crippen molar-refractivity contribution >= 4 is 16.1 Å². The summed E-state index contributed by atoms with van der Waals surface area (Å²) < 4.78 is 37.7. The van der Waals surface area contributed by atoms with Crippen LogP contribution >= 0.6 is 7.82 Å². The lowest BCUT2D eigenvalue weighted by Crippen LogP contribution is -2.43. The molecule has 0 heterocycles. The fourth-order valence-electron chi connectivity index (χ4n) is 2.57. The third-order valence-electron chi connectivity index (χ3n) is 5.89. The number of rotatable bonds is 12. The van der Waals surface area contributed by atoms with Gasteiger partial charge in [0.05, 0.1) is 25.9 Å². The molecule has 0 amide bonds. The van der Waals surface area contributed by atoms with Crippen LogP contribution in [0.1, 0.15) is 45.7 Å². The van der Waals surface area contributed by atoms with Gasteiger partial charge in [0.15, 0.2) is 8.32 Å². The zero-order valence-corrected chi connectivity index (χ0v) is 22.4. The average molecular weight is 479 g/mol. The normalized spacial score (nSPS) is 14.0. The number of phosphoric ester groups is 1. The summed E-state index contributed by atoms with van der Waals surface area (Å²) in [5.74, 6) is 0.0775. The molecule has 178 valence electrons. The molecule has 0 saturated carbocycles. The Bertz CT molecular complexity index is 802. The molecule has 7 heteroatoms. The number of benzene rings is 2. The van der Waals surface area contributed by atoms with Gasteiger partial charge in [0.2, 0.25) is 0 Å². The van der Waals surface area contributed by atoms with Gasteiger partial charge in [-0.25, -0.2) is 4.57 Å². The highest BCUT2D eigenvalue weighted by Gasteiger charge is 2.39. The van der Waals surface area contributed by atoms with Gasteiger partial charge < -0.3 is 4.43 Å². The molecule has 2 rings (SSSR count). The van der Waals surface area contributed by atoms with Gasteiger partial charge in [0.25, 0.3) is 0 Å². The molecule has 5 nitrogen and oxygen atoms in total. The molecular formula is C25H39O5PSi. The van der Waals surface area contributed by atoms with Crippen molar-refractivity contribution in [1.82, 2.24) is 0 Å². The predicted octanol–water partition coefficient (Wildman–Crippen LogP) is 7.59. The van der Waals surface area contributed by atoms with Gasteiger partial charge in [0.1, 0.15) is 0 Å². The molecule has 0 aliphatic carbocycles. The third-order valence-corrected chi connectivity index (χ3v) is 11.8. The van der Waals surface area contributed by atoms with E-state index in [4.69, 9.17) is 18.0 Å². The van der Waals surface area contributed by atoms with E-state index in [1.165, 1.54) is 0 Å². The van der Waals surface area contributed by atoms with Crippen molar-refractivity contribution in [2.45, 2.75) is 72.1 Å². The van der Waals surface area contributed by atoms with E-state index in [1.807, 2.05) is 74.5 Å². The van der Waals surface area contributed by atoms with E-state index in [-0.39, 0.29) is 24.2 Å². The van der Waals surface area contributed by atoms with Crippen LogP contribution in [0.5, 0.6) is 0 Å². The molecule has 0 aliphatic heterocycles. The van der Waals surface area contributed by atoms with E-state index >= 15 is 0 Å². The second-order valence-electron chi connectivity index (χ2n) is 9.92. The second-order valence-corrected chi connectivity index (χ2v) is 16.4. The summed E-state index contributed by atoms with van der Waals surface area (Å²) >= 11 is 0. The molecule has 2 aromatic rings. The molecule has 2 aromatic carbocycles. The van der Waals surface area contributed by atoms with Crippen molar-refractivity contribution in [2.75, 3.05) is 6.61 Å². The molecule has 0 radical (unpaired) electrons. The second kappa shape index (κ2) is 11.7. The van der Waals surface area contributed by atoms with E-state index in [0.29, 0.717) is 6.61 Å². The zero-order valence-electron chi connectivity index (χ0n) is 20.5. The highest BCUT2D eigenvalue weighted by atomic mass is 31.2. The topological polar surface area (TPSA) is 54.0 Å². The molecule has 0 fully saturated rings. The molecule has 1 unspecified atom stereocenters. The summed E-state index contributed by atoms with van der Waals surface area (Å²) in [7, 11) is -5.83. The fourth-order valence-corrected chi connectivity index (χ4v) is 5.03. The van der Waals surface area contributed by atoms with Crippen LogP contribution in [-0.4, -0.2) is 21.0 Å². The Hall–Kier alpha value is -1.27. The third kappa shape index (κ3) is 8.58. The first kappa shape index (κ1) is 27.0. The smallest absolute Gasteiger partial charge is 0.414 e. The predicted molar refractivity (Wildman–Crippen MR) is 133 cm³/mol. The number of phosphoric acid groups is 1. The first-order valence-corrected chi connectivity index (χ1v) is 15.6. The largest absolute Gasteiger partial charge is 0.475 e. The summed E-state index contributed by atoms with van der Waals surface area (Å²) in [5.41, 5.74) is 1.80. The summed E-state index contributed by atoms with van der Waals surface area (Å²) in [6.07, 6.45) is -0.415. The van der Waals surface area contributed by atoms with Gasteiger partial charge in [-0.15, -0.1) is 0 Å². The van der Waals surface area contributed by atoms with Gasteiger partial charge in [-0.3, -0.25) is 13.6 Å². The van der Waals surface area contributed by atoms with Crippen molar-refractivity contribution < 1.29 is 22.6 Å². The molecular weight excluding hydrogens is 439 g/mol. The Balaban J connectivity index is 2.14. The Morgan fingerprint density at radius 1 is 0.844 bits per heavy atom. The van der Waals surface area contributed by atoms with Crippen molar-refractivity contribution in [3.8, 4) is 0 Å². The minimum Gasteiger partial charge on any atom is -0.414 e. The minimum atomic E-state index is -3.85. The highest BCUT2D eigenvalue weighted by Crippen LogP contribution is 2.53. The monoisotopic (exact) mass is 478 g/mol. The molecule has 0 saturated heterocycles. The molecule has 0 aliphatic rings. The Morgan fingerprint density at radius 3 is 1.66 bits per heavy atom. The quantitative estimate of drug-likeness (QED) is 0.232. The van der Waals surface area contributed by atoms with E-state index in [9.17, 15) is 4.57 Å². The lowest BCUT2D eigenvalue weighted by Gasteiger charge is -2.38. The maximum atomic E-state index is 13.7. The van der Waals surface area contributed by atoms with Crippen LogP contribution in [-0.2, 0) is 35.8 Å². The van der Waals surface area contributed by atoms with Crippen molar-refractivity contribution in [2.24, 2.45) is 5.92 Å². The molecule has 0 aromatic heterocycles. The standard InChI is InChI=1S/C25H39O5PSi/c1-21(2)24(20-29-32(6,7)25(3,4)5)30-31(26,27-18-22-14-10-8-11-15-22)28-19-23-16-12-9-13-17-23/h8-17,21,24H,18-20H2,1-7H3. The van der Waals surface area contributed by atoms with Gasteiger partial charge in [-0.2, -0.15) is 0 Å². The van der Waals surface area contributed by atoms with Crippen LogP contribution in [0.3, 0.4) is 0 Å². The van der Waals surface area contributed by atoms with Crippen molar-refractivity contribution in [3.05, 3.63) is 71.8 Å². The van der Waals surface area contributed by atoms with Crippen LogP contribution in [0.2, 0.25) is 18.1 Å². The lowest BCUT2D eigenvalue weighted by atomic mass is 10.1. The first-order valence-electron chi connectivity index (χ1n) is 11.2. The Morgan fingerprint density at radius 2 is 1.28 bits per heavy atom. The fraction of sp³-hybridized carbons (Fsp3) is 0.520. The van der Waals surface area contributed by atoms with Crippen LogP contribution in [0.15, 0.2) is 60.7 Å². The van der Waals surface area contributed by atoms with Crippen molar-refractivity contribution in [3.63, 3.8) is 0 Å². The molecule has 0 N–H and O–H groups in total. The summed E-state index contributed by atoms with van der Waals surface area (Å²) in [4.78, 5) is 0. The Labute approximate surface area is 195 Å². The molecule has 32 heavy (non-hydrogen) atoms. The minimum absolute atomic E-state index is 0.0752.